The van der Waals surface area contributed by atoms with Crippen molar-refractivity contribution in [3.05, 3.63) is 34.1 Å². The van der Waals surface area contributed by atoms with Crippen LogP contribution < -0.4 is 10.6 Å². The molecule has 0 heterocycles. The molecule has 1 rings (SSSR count). The highest BCUT2D eigenvalue weighted by atomic mass is 35.5. The third-order valence-corrected chi connectivity index (χ3v) is 2.69. The Bertz CT molecular complexity index is 410. The third-order valence-electron chi connectivity index (χ3n) is 2.38. The van der Waals surface area contributed by atoms with E-state index in [-0.39, 0.29) is 16.5 Å². The molecular weight excluding hydrogens is 243 g/mol. The summed E-state index contributed by atoms with van der Waals surface area (Å²) in [5.41, 5.74) is 0.612. The van der Waals surface area contributed by atoms with Crippen LogP contribution >= 0.6 is 11.6 Å². The quantitative estimate of drug-likeness (QED) is 0.795. The molecule has 0 bridgehead atoms. The van der Waals surface area contributed by atoms with Crippen LogP contribution in [0.4, 0.5) is 4.39 Å². The number of hydrogen-bond donors (Lipinski definition) is 2. The summed E-state index contributed by atoms with van der Waals surface area (Å²) in [6.07, 6.45) is 0.814. The van der Waals surface area contributed by atoms with E-state index in [2.05, 4.69) is 10.6 Å². The molecule has 0 saturated heterocycles. The van der Waals surface area contributed by atoms with Gasteiger partial charge >= 0.3 is 0 Å². The molecule has 2 N–H and O–H groups in total. The molecule has 94 valence electrons. The Kier molecular flexibility index (Phi) is 5.38. The monoisotopic (exact) mass is 258 g/mol. The number of amides is 1. The van der Waals surface area contributed by atoms with Gasteiger partial charge in [-0.2, -0.15) is 0 Å². The van der Waals surface area contributed by atoms with E-state index in [1.807, 2.05) is 7.05 Å². The predicted octanol–water partition coefficient (Wildman–Crippen LogP) is 2.13. The highest BCUT2D eigenvalue weighted by Crippen LogP contribution is 2.20. The van der Waals surface area contributed by atoms with Gasteiger partial charge in [0.1, 0.15) is 5.82 Å². The zero-order valence-electron chi connectivity index (χ0n) is 9.94. The molecule has 3 nitrogen and oxygen atoms in total. The molecule has 0 atom stereocenters. The zero-order valence-corrected chi connectivity index (χ0v) is 10.7. The Morgan fingerprint density at radius 1 is 1.41 bits per heavy atom. The summed E-state index contributed by atoms with van der Waals surface area (Å²) in [6.45, 7) is 2.96. The van der Waals surface area contributed by atoms with Crippen LogP contribution in [0.5, 0.6) is 0 Å². The van der Waals surface area contributed by atoms with E-state index < -0.39 is 5.82 Å². The number of benzene rings is 1. The largest absolute Gasteiger partial charge is 0.352 e. The molecule has 0 fully saturated rings. The van der Waals surface area contributed by atoms with Crippen molar-refractivity contribution in [1.29, 1.82) is 0 Å². The van der Waals surface area contributed by atoms with Gasteiger partial charge in [0, 0.05) is 6.54 Å². The van der Waals surface area contributed by atoms with Crippen molar-refractivity contribution < 1.29 is 9.18 Å². The maximum absolute atomic E-state index is 13.3. The van der Waals surface area contributed by atoms with E-state index in [0.29, 0.717) is 12.1 Å². The normalized spacial score (nSPS) is 10.4. The highest BCUT2D eigenvalue weighted by Gasteiger charge is 2.12. The fraction of sp³-hybridized carbons (Fsp3) is 0.417. The van der Waals surface area contributed by atoms with Gasteiger partial charge in [0.25, 0.3) is 5.91 Å². The van der Waals surface area contributed by atoms with Gasteiger partial charge in [-0.25, -0.2) is 4.39 Å². The standard InChI is InChI=1S/C12H16ClFN2O/c1-8-6-10(13)9(7-11(8)14)12(17)16-5-3-4-15-2/h6-7,15H,3-5H2,1-2H3,(H,16,17). The van der Waals surface area contributed by atoms with Crippen LogP contribution in [0, 0.1) is 12.7 Å². The summed E-state index contributed by atoms with van der Waals surface area (Å²) < 4.78 is 13.3. The van der Waals surface area contributed by atoms with Gasteiger partial charge in [0.05, 0.1) is 10.6 Å². The van der Waals surface area contributed by atoms with Crippen molar-refractivity contribution in [1.82, 2.24) is 10.6 Å². The Morgan fingerprint density at radius 3 is 2.76 bits per heavy atom. The van der Waals surface area contributed by atoms with Gasteiger partial charge in [-0.05, 0) is 44.6 Å². The average Bonchev–Trinajstić information content (AvgIpc) is 2.29. The molecule has 0 saturated carbocycles. The second-order valence-corrected chi connectivity index (χ2v) is 4.20. The van der Waals surface area contributed by atoms with E-state index in [1.54, 1.807) is 6.92 Å². The van der Waals surface area contributed by atoms with Crippen LogP contribution in [0.1, 0.15) is 22.3 Å². The Morgan fingerprint density at radius 2 is 2.12 bits per heavy atom. The molecule has 0 spiro atoms. The van der Waals surface area contributed by atoms with Crippen LogP contribution in [-0.2, 0) is 0 Å². The van der Waals surface area contributed by atoms with Crippen molar-refractivity contribution in [3.63, 3.8) is 0 Å². The number of rotatable bonds is 5. The van der Waals surface area contributed by atoms with Crippen molar-refractivity contribution in [3.8, 4) is 0 Å². The van der Waals surface area contributed by atoms with Crippen LogP contribution in [0.15, 0.2) is 12.1 Å². The first kappa shape index (κ1) is 13.9. The molecule has 5 heteroatoms. The van der Waals surface area contributed by atoms with E-state index in [0.717, 1.165) is 13.0 Å². The minimum Gasteiger partial charge on any atom is -0.352 e. The first-order chi connectivity index (χ1) is 8.06. The maximum atomic E-state index is 13.3. The first-order valence-electron chi connectivity index (χ1n) is 5.44. The lowest BCUT2D eigenvalue weighted by Crippen LogP contribution is -2.27. The summed E-state index contributed by atoms with van der Waals surface area (Å²) in [7, 11) is 1.84. The number of carbonyl (C=O) groups excluding carboxylic acids is 1. The van der Waals surface area contributed by atoms with Crippen molar-refractivity contribution in [2.24, 2.45) is 0 Å². The van der Waals surface area contributed by atoms with Crippen molar-refractivity contribution in [2.75, 3.05) is 20.1 Å². The molecule has 17 heavy (non-hydrogen) atoms. The van der Waals surface area contributed by atoms with Gasteiger partial charge in [0.2, 0.25) is 0 Å². The average molecular weight is 259 g/mol. The lowest BCUT2D eigenvalue weighted by molar-refractivity contribution is 0.0953. The van der Waals surface area contributed by atoms with E-state index >= 15 is 0 Å². The van der Waals surface area contributed by atoms with E-state index in [9.17, 15) is 9.18 Å². The summed E-state index contributed by atoms with van der Waals surface area (Å²) >= 11 is 5.90. The number of hydrogen-bond acceptors (Lipinski definition) is 2. The summed E-state index contributed by atoms with van der Waals surface area (Å²) in [5.74, 6) is -0.764. The van der Waals surface area contributed by atoms with E-state index in [1.165, 1.54) is 12.1 Å². The summed E-state index contributed by atoms with van der Waals surface area (Å²) in [6, 6.07) is 2.63. The third kappa shape index (κ3) is 3.98. The Labute approximate surface area is 105 Å². The van der Waals surface area contributed by atoms with Gasteiger partial charge in [-0.15, -0.1) is 0 Å². The van der Waals surface area contributed by atoms with Gasteiger partial charge in [-0.1, -0.05) is 11.6 Å². The minimum atomic E-state index is -0.422. The van der Waals surface area contributed by atoms with Gasteiger partial charge in [0.15, 0.2) is 0 Å². The molecule has 0 unspecified atom stereocenters. The predicted molar refractivity (Wildman–Crippen MR) is 67.0 cm³/mol. The molecule has 1 aromatic rings. The topological polar surface area (TPSA) is 41.1 Å². The Hall–Kier alpha value is -1.13. The molecule has 0 radical (unpaired) electrons. The van der Waals surface area contributed by atoms with Gasteiger partial charge < -0.3 is 10.6 Å². The minimum absolute atomic E-state index is 0.180. The lowest BCUT2D eigenvalue weighted by atomic mass is 10.1. The number of aryl methyl sites for hydroxylation is 1. The fourth-order valence-corrected chi connectivity index (χ4v) is 1.69. The van der Waals surface area contributed by atoms with Crippen LogP contribution in [-0.4, -0.2) is 26.0 Å². The molecule has 1 aromatic carbocycles. The number of carbonyl (C=O) groups is 1. The SMILES string of the molecule is CNCCCNC(=O)c1cc(F)c(C)cc1Cl. The second kappa shape index (κ2) is 6.57. The maximum Gasteiger partial charge on any atom is 0.252 e. The molecule has 0 aliphatic rings. The van der Waals surface area contributed by atoms with Crippen molar-refractivity contribution in [2.45, 2.75) is 13.3 Å². The lowest BCUT2D eigenvalue weighted by Gasteiger charge is -2.08. The number of nitrogens with one attached hydrogen (secondary N) is 2. The van der Waals surface area contributed by atoms with Crippen molar-refractivity contribution >= 4 is 17.5 Å². The highest BCUT2D eigenvalue weighted by molar-refractivity contribution is 6.33. The molecular formula is C12H16ClFN2O. The van der Waals surface area contributed by atoms with Gasteiger partial charge in [-0.3, -0.25) is 4.79 Å². The first-order valence-corrected chi connectivity index (χ1v) is 5.82. The van der Waals surface area contributed by atoms with E-state index in [4.69, 9.17) is 11.6 Å². The molecule has 0 aliphatic heterocycles. The smallest absolute Gasteiger partial charge is 0.252 e. The number of halogens is 2. The summed E-state index contributed by atoms with van der Waals surface area (Å²) in [4.78, 5) is 11.7. The fourth-order valence-electron chi connectivity index (χ4n) is 1.38. The Balaban J connectivity index is 2.66. The van der Waals surface area contributed by atoms with Crippen LogP contribution in [0.3, 0.4) is 0 Å². The van der Waals surface area contributed by atoms with Crippen LogP contribution in [0.2, 0.25) is 5.02 Å². The molecule has 0 aliphatic carbocycles. The molecule has 0 aromatic heterocycles. The second-order valence-electron chi connectivity index (χ2n) is 3.79. The van der Waals surface area contributed by atoms with Crippen LogP contribution in [0.25, 0.3) is 0 Å². The summed E-state index contributed by atoms with van der Waals surface area (Å²) in [5, 5.41) is 5.94. The molecule has 1 amide bonds. The zero-order chi connectivity index (χ0) is 12.8.